The molecular weight excluding hydrogens is 238 g/mol. The van der Waals surface area contributed by atoms with Crippen LogP contribution < -0.4 is 5.32 Å². The van der Waals surface area contributed by atoms with E-state index in [9.17, 15) is 4.79 Å². The minimum absolute atomic E-state index is 0.210. The van der Waals surface area contributed by atoms with Gasteiger partial charge in [0.25, 0.3) is 5.91 Å². The van der Waals surface area contributed by atoms with Crippen LogP contribution in [0, 0.1) is 0 Å². The number of hydrogen-bond acceptors (Lipinski definition) is 5. The molecule has 3 rings (SSSR count). The molecule has 0 atom stereocenters. The number of nitrogens with one attached hydrogen (secondary N) is 2. The second-order valence-electron chi connectivity index (χ2n) is 3.98. The summed E-state index contributed by atoms with van der Waals surface area (Å²) in [6.07, 6.45) is 2.27. The number of carbonyl (C=O) groups is 1. The van der Waals surface area contributed by atoms with E-state index in [2.05, 4.69) is 25.5 Å². The quantitative estimate of drug-likeness (QED) is 0.849. The van der Waals surface area contributed by atoms with E-state index in [0.29, 0.717) is 12.5 Å². The first-order valence-corrected chi connectivity index (χ1v) is 6.35. The maximum atomic E-state index is 11.7. The van der Waals surface area contributed by atoms with Crippen LogP contribution >= 0.6 is 11.3 Å². The number of thiazole rings is 1. The zero-order valence-electron chi connectivity index (χ0n) is 9.01. The van der Waals surface area contributed by atoms with Gasteiger partial charge in [-0.2, -0.15) is 0 Å². The van der Waals surface area contributed by atoms with Gasteiger partial charge in [0.1, 0.15) is 5.82 Å². The first-order valence-electron chi connectivity index (χ1n) is 5.40. The molecule has 0 spiro atoms. The Balaban J connectivity index is 1.60. The molecule has 1 amide bonds. The molecule has 7 heteroatoms. The van der Waals surface area contributed by atoms with Crippen molar-refractivity contribution in [3.8, 4) is 0 Å². The van der Waals surface area contributed by atoms with E-state index in [1.54, 1.807) is 5.51 Å². The molecule has 2 aromatic rings. The second kappa shape index (κ2) is 4.25. The second-order valence-corrected chi connectivity index (χ2v) is 4.70. The minimum atomic E-state index is -0.263. The molecule has 2 N–H and O–H groups in total. The largest absolute Gasteiger partial charge is 0.344 e. The molecule has 6 nitrogen and oxygen atoms in total. The van der Waals surface area contributed by atoms with E-state index in [0.717, 1.165) is 24.4 Å². The summed E-state index contributed by atoms with van der Waals surface area (Å²) >= 11 is 1.50. The van der Waals surface area contributed by atoms with E-state index < -0.39 is 0 Å². The Kier molecular flexibility index (Phi) is 2.60. The summed E-state index contributed by atoms with van der Waals surface area (Å²) in [7, 11) is 0. The third-order valence-electron chi connectivity index (χ3n) is 2.58. The van der Waals surface area contributed by atoms with E-state index in [-0.39, 0.29) is 11.7 Å². The zero-order chi connectivity index (χ0) is 11.7. The van der Waals surface area contributed by atoms with Crippen molar-refractivity contribution in [1.29, 1.82) is 0 Å². The van der Waals surface area contributed by atoms with Crippen LogP contribution in [-0.4, -0.2) is 26.1 Å². The van der Waals surface area contributed by atoms with Gasteiger partial charge in [0.15, 0.2) is 0 Å². The fourth-order valence-electron chi connectivity index (χ4n) is 1.49. The molecular formula is C10H11N5OS. The molecule has 88 valence electrons. The standard InChI is InChI=1S/C10H11N5OS/c16-10(11-3-7-4-17-5-12-7)9-13-8(14-15-9)6-1-2-6/h4-6H,1-3H2,(H,11,16)(H,13,14,15). The lowest BCUT2D eigenvalue weighted by Crippen LogP contribution is -2.24. The fraction of sp³-hybridized carbons (Fsp3) is 0.400. The highest BCUT2D eigenvalue weighted by atomic mass is 32.1. The Labute approximate surface area is 101 Å². The molecule has 2 heterocycles. The zero-order valence-corrected chi connectivity index (χ0v) is 9.83. The van der Waals surface area contributed by atoms with Crippen LogP contribution in [0.4, 0.5) is 0 Å². The summed E-state index contributed by atoms with van der Waals surface area (Å²) in [6.45, 7) is 0.412. The molecule has 1 fully saturated rings. The third-order valence-corrected chi connectivity index (χ3v) is 3.22. The van der Waals surface area contributed by atoms with E-state index in [1.165, 1.54) is 11.3 Å². The Morgan fingerprint density at radius 2 is 2.47 bits per heavy atom. The molecule has 0 radical (unpaired) electrons. The maximum Gasteiger partial charge on any atom is 0.291 e. The molecule has 0 saturated heterocycles. The van der Waals surface area contributed by atoms with Crippen molar-refractivity contribution in [2.75, 3.05) is 0 Å². The summed E-state index contributed by atoms with van der Waals surface area (Å²) in [5.74, 6) is 1.25. The number of hydrogen-bond donors (Lipinski definition) is 2. The highest BCUT2D eigenvalue weighted by Gasteiger charge is 2.28. The smallest absolute Gasteiger partial charge is 0.291 e. The molecule has 1 aliphatic carbocycles. The summed E-state index contributed by atoms with van der Waals surface area (Å²) in [4.78, 5) is 20.0. The van der Waals surface area contributed by atoms with Gasteiger partial charge in [0.2, 0.25) is 5.82 Å². The lowest BCUT2D eigenvalue weighted by Gasteiger charge is -1.98. The topological polar surface area (TPSA) is 83.6 Å². The maximum absolute atomic E-state index is 11.7. The van der Waals surface area contributed by atoms with Crippen molar-refractivity contribution >= 4 is 17.2 Å². The fourth-order valence-corrected chi connectivity index (χ4v) is 2.05. The first-order chi connectivity index (χ1) is 8.33. The Bertz CT molecular complexity index is 517. The van der Waals surface area contributed by atoms with Gasteiger partial charge >= 0.3 is 0 Å². The number of carbonyl (C=O) groups excluding carboxylic acids is 1. The highest BCUT2D eigenvalue weighted by Crippen LogP contribution is 2.37. The van der Waals surface area contributed by atoms with Crippen LogP contribution in [0.5, 0.6) is 0 Å². The Morgan fingerprint density at radius 3 is 3.18 bits per heavy atom. The third kappa shape index (κ3) is 2.33. The molecule has 2 aromatic heterocycles. The summed E-state index contributed by atoms with van der Waals surface area (Å²) < 4.78 is 0. The molecule has 17 heavy (non-hydrogen) atoms. The monoisotopic (exact) mass is 249 g/mol. The van der Waals surface area contributed by atoms with Crippen LogP contribution in [0.15, 0.2) is 10.9 Å². The molecule has 1 saturated carbocycles. The number of amides is 1. The van der Waals surface area contributed by atoms with Crippen LogP contribution in [-0.2, 0) is 6.54 Å². The van der Waals surface area contributed by atoms with Gasteiger partial charge < -0.3 is 5.32 Å². The van der Waals surface area contributed by atoms with Gasteiger partial charge in [-0.15, -0.1) is 16.4 Å². The van der Waals surface area contributed by atoms with E-state index in [1.807, 2.05) is 5.38 Å². The van der Waals surface area contributed by atoms with Gasteiger partial charge in [-0.25, -0.2) is 9.97 Å². The minimum Gasteiger partial charge on any atom is -0.344 e. The lowest BCUT2D eigenvalue weighted by atomic mass is 10.4. The Hall–Kier alpha value is -1.76. The van der Waals surface area contributed by atoms with Crippen molar-refractivity contribution in [3.05, 3.63) is 28.2 Å². The van der Waals surface area contributed by atoms with Crippen molar-refractivity contribution < 1.29 is 4.79 Å². The average Bonchev–Trinajstić information content (AvgIpc) is 2.88. The predicted octanol–water partition coefficient (Wildman–Crippen LogP) is 1.07. The van der Waals surface area contributed by atoms with Crippen molar-refractivity contribution in [1.82, 2.24) is 25.5 Å². The summed E-state index contributed by atoms with van der Waals surface area (Å²) in [6, 6.07) is 0. The number of nitrogens with zero attached hydrogens (tertiary/aromatic N) is 3. The normalized spacial score (nSPS) is 14.8. The molecule has 0 aliphatic heterocycles. The molecule has 1 aliphatic rings. The van der Waals surface area contributed by atoms with Crippen molar-refractivity contribution in [2.24, 2.45) is 0 Å². The molecule has 0 unspecified atom stereocenters. The van der Waals surface area contributed by atoms with Crippen molar-refractivity contribution in [2.45, 2.75) is 25.3 Å². The number of H-pyrrole nitrogens is 1. The van der Waals surface area contributed by atoms with Gasteiger partial charge in [0.05, 0.1) is 17.7 Å². The number of rotatable bonds is 4. The van der Waals surface area contributed by atoms with Gasteiger partial charge in [-0.1, -0.05) is 0 Å². The SMILES string of the molecule is O=C(NCc1cscn1)c1n[nH]c(C2CC2)n1. The molecule has 0 bridgehead atoms. The van der Waals surface area contributed by atoms with E-state index in [4.69, 9.17) is 0 Å². The highest BCUT2D eigenvalue weighted by molar-refractivity contribution is 7.07. The van der Waals surface area contributed by atoms with Crippen LogP contribution in [0.2, 0.25) is 0 Å². The van der Waals surface area contributed by atoms with Crippen LogP contribution in [0.3, 0.4) is 0 Å². The summed E-state index contributed by atoms with van der Waals surface area (Å²) in [5, 5.41) is 11.3. The van der Waals surface area contributed by atoms with Gasteiger partial charge in [0, 0.05) is 11.3 Å². The van der Waals surface area contributed by atoms with Gasteiger partial charge in [-0.3, -0.25) is 9.89 Å². The van der Waals surface area contributed by atoms with Crippen LogP contribution in [0.25, 0.3) is 0 Å². The number of aromatic nitrogens is 4. The average molecular weight is 249 g/mol. The Morgan fingerprint density at radius 1 is 1.59 bits per heavy atom. The first kappa shape index (κ1) is 10.4. The van der Waals surface area contributed by atoms with E-state index >= 15 is 0 Å². The predicted molar refractivity (Wildman–Crippen MR) is 61.6 cm³/mol. The number of aromatic amines is 1. The van der Waals surface area contributed by atoms with Crippen LogP contribution in [0.1, 0.15) is 40.9 Å². The molecule has 0 aromatic carbocycles. The van der Waals surface area contributed by atoms with Crippen molar-refractivity contribution in [3.63, 3.8) is 0 Å². The summed E-state index contributed by atoms with van der Waals surface area (Å²) in [5.41, 5.74) is 2.58. The van der Waals surface area contributed by atoms with Gasteiger partial charge in [-0.05, 0) is 12.8 Å². The lowest BCUT2D eigenvalue weighted by molar-refractivity contribution is 0.0940.